The molecule has 0 aliphatic heterocycles. The topological polar surface area (TPSA) is 68.5 Å². The van der Waals surface area contributed by atoms with Crippen molar-refractivity contribution in [3.63, 3.8) is 0 Å². The number of carbonyl (C=O) groups excluding carboxylic acids is 2. The van der Waals surface area contributed by atoms with Crippen molar-refractivity contribution in [3.8, 4) is 5.75 Å². The van der Waals surface area contributed by atoms with Crippen LogP contribution in [0.15, 0.2) is 53.1 Å². The Hall–Kier alpha value is -3.08. The second-order valence-electron chi connectivity index (χ2n) is 5.48. The van der Waals surface area contributed by atoms with Gasteiger partial charge in [-0.1, -0.05) is 0 Å². The minimum absolute atomic E-state index is 0.00632. The van der Waals surface area contributed by atoms with Crippen molar-refractivity contribution >= 4 is 28.3 Å². The molecule has 0 spiro atoms. The third kappa shape index (κ3) is 3.30. The summed E-state index contributed by atoms with van der Waals surface area (Å²) >= 11 is 0. The zero-order chi connectivity index (χ0) is 17.1. The first-order chi connectivity index (χ1) is 11.6. The van der Waals surface area contributed by atoms with Crippen LogP contribution < -0.4 is 10.1 Å². The Labute approximate surface area is 139 Å². The molecule has 0 saturated heterocycles. The number of amides is 1. The van der Waals surface area contributed by atoms with Gasteiger partial charge in [0.25, 0.3) is 0 Å². The third-order valence-electron chi connectivity index (χ3n) is 3.79. The summed E-state index contributed by atoms with van der Waals surface area (Å²) in [7, 11) is 1.59. The monoisotopic (exact) mass is 323 g/mol. The number of furan rings is 1. The van der Waals surface area contributed by atoms with E-state index in [1.165, 1.54) is 6.92 Å². The highest BCUT2D eigenvalue weighted by molar-refractivity contribution is 5.97. The average Bonchev–Trinajstić information content (AvgIpc) is 2.97. The van der Waals surface area contributed by atoms with E-state index in [0.717, 1.165) is 10.9 Å². The Morgan fingerprint density at radius 1 is 1.12 bits per heavy atom. The normalized spacial score (nSPS) is 10.6. The highest BCUT2D eigenvalue weighted by Crippen LogP contribution is 2.26. The van der Waals surface area contributed by atoms with E-state index in [0.29, 0.717) is 22.6 Å². The molecular formula is C19H17NO4. The molecule has 1 heterocycles. The van der Waals surface area contributed by atoms with Gasteiger partial charge in [-0.3, -0.25) is 9.59 Å². The Morgan fingerprint density at radius 3 is 2.54 bits per heavy atom. The Kier molecular flexibility index (Phi) is 4.33. The molecule has 0 aliphatic carbocycles. The Balaban J connectivity index is 1.71. The molecule has 1 aromatic heterocycles. The molecule has 5 heteroatoms. The number of Topliss-reactive ketones (excluding diaryl/α,β-unsaturated/α-hetero) is 1. The molecule has 3 rings (SSSR count). The molecule has 0 atom stereocenters. The summed E-state index contributed by atoms with van der Waals surface area (Å²) in [4.78, 5) is 23.5. The van der Waals surface area contributed by atoms with Gasteiger partial charge < -0.3 is 14.5 Å². The van der Waals surface area contributed by atoms with Gasteiger partial charge in [0.05, 0.1) is 19.8 Å². The van der Waals surface area contributed by atoms with Crippen LogP contribution >= 0.6 is 0 Å². The molecule has 3 aromatic rings. The van der Waals surface area contributed by atoms with Gasteiger partial charge in [0.2, 0.25) is 5.91 Å². The predicted molar refractivity (Wildman–Crippen MR) is 91.5 cm³/mol. The lowest BCUT2D eigenvalue weighted by Crippen LogP contribution is -2.14. The molecule has 0 radical (unpaired) electrons. The molecule has 1 N–H and O–H groups in total. The second kappa shape index (κ2) is 6.58. The maximum absolute atomic E-state index is 12.2. The minimum Gasteiger partial charge on any atom is -0.497 e. The Bertz CT molecular complexity index is 893. The van der Waals surface area contributed by atoms with E-state index >= 15 is 0 Å². The summed E-state index contributed by atoms with van der Waals surface area (Å²) in [6, 6.07) is 12.3. The molecule has 0 saturated carbocycles. The van der Waals surface area contributed by atoms with E-state index in [1.807, 2.05) is 12.1 Å². The fraction of sp³-hybridized carbons (Fsp3) is 0.158. The van der Waals surface area contributed by atoms with Crippen LogP contribution in [0.3, 0.4) is 0 Å². The molecule has 122 valence electrons. The van der Waals surface area contributed by atoms with E-state index in [2.05, 4.69) is 5.32 Å². The number of hydrogen-bond donors (Lipinski definition) is 1. The molecule has 0 unspecified atom stereocenters. The number of benzene rings is 2. The summed E-state index contributed by atoms with van der Waals surface area (Å²) in [6.45, 7) is 1.51. The lowest BCUT2D eigenvalue weighted by molar-refractivity contribution is -0.115. The van der Waals surface area contributed by atoms with Crippen LogP contribution in [0.4, 0.5) is 5.69 Å². The van der Waals surface area contributed by atoms with Crippen LogP contribution in [0, 0.1) is 0 Å². The summed E-state index contributed by atoms with van der Waals surface area (Å²) in [6.07, 6.45) is 1.79. The van der Waals surface area contributed by atoms with Crippen molar-refractivity contribution in [2.75, 3.05) is 12.4 Å². The fourth-order valence-corrected chi connectivity index (χ4v) is 2.49. The number of ketones is 1. The number of ether oxygens (including phenoxy) is 1. The number of anilines is 1. The zero-order valence-electron chi connectivity index (χ0n) is 13.5. The predicted octanol–water partition coefficient (Wildman–Crippen LogP) is 3.83. The van der Waals surface area contributed by atoms with Crippen molar-refractivity contribution in [3.05, 3.63) is 59.9 Å². The summed E-state index contributed by atoms with van der Waals surface area (Å²) in [5, 5.41) is 3.70. The first kappa shape index (κ1) is 15.8. The van der Waals surface area contributed by atoms with Gasteiger partial charge in [-0.15, -0.1) is 0 Å². The van der Waals surface area contributed by atoms with Crippen LogP contribution in [-0.2, 0) is 11.2 Å². The Morgan fingerprint density at radius 2 is 1.88 bits per heavy atom. The van der Waals surface area contributed by atoms with E-state index in [9.17, 15) is 9.59 Å². The first-order valence-corrected chi connectivity index (χ1v) is 7.52. The van der Waals surface area contributed by atoms with E-state index in [-0.39, 0.29) is 18.1 Å². The molecule has 24 heavy (non-hydrogen) atoms. The smallest absolute Gasteiger partial charge is 0.228 e. The number of rotatable bonds is 5. The van der Waals surface area contributed by atoms with E-state index < -0.39 is 0 Å². The van der Waals surface area contributed by atoms with Crippen molar-refractivity contribution in [2.24, 2.45) is 0 Å². The molecule has 5 nitrogen and oxygen atoms in total. The van der Waals surface area contributed by atoms with E-state index in [1.54, 1.807) is 43.7 Å². The van der Waals surface area contributed by atoms with Crippen LogP contribution in [0.1, 0.15) is 22.8 Å². The third-order valence-corrected chi connectivity index (χ3v) is 3.79. The van der Waals surface area contributed by atoms with Crippen molar-refractivity contribution < 1.29 is 18.7 Å². The van der Waals surface area contributed by atoms with Crippen LogP contribution in [-0.4, -0.2) is 18.8 Å². The van der Waals surface area contributed by atoms with Gasteiger partial charge in [-0.2, -0.15) is 0 Å². The SMILES string of the molecule is COc1ccc2c(CC(=O)Nc3ccc(C(C)=O)cc3)coc2c1. The molecule has 2 aromatic carbocycles. The lowest BCUT2D eigenvalue weighted by Gasteiger charge is -2.05. The molecular weight excluding hydrogens is 306 g/mol. The van der Waals surface area contributed by atoms with Crippen molar-refractivity contribution in [1.82, 2.24) is 0 Å². The maximum atomic E-state index is 12.2. The number of carbonyl (C=O) groups is 2. The minimum atomic E-state index is -0.149. The summed E-state index contributed by atoms with van der Waals surface area (Å²) in [5.41, 5.74) is 2.76. The van der Waals surface area contributed by atoms with Gasteiger partial charge in [0.1, 0.15) is 11.3 Å². The van der Waals surface area contributed by atoms with Gasteiger partial charge in [0.15, 0.2) is 5.78 Å². The average molecular weight is 323 g/mol. The van der Waals surface area contributed by atoms with E-state index in [4.69, 9.17) is 9.15 Å². The first-order valence-electron chi connectivity index (χ1n) is 7.52. The van der Waals surface area contributed by atoms with Crippen LogP contribution in [0.5, 0.6) is 5.75 Å². The van der Waals surface area contributed by atoms with Crippen molar-refractivity contribution in [2.45, 2.75) is 13.3 Å². The number of fused-ring (bicyclic) bond motifs is 1. The van der Waals surface area contributed by atoms with Crippen LogP contribution in [0.2, 0.25) is 0 Å². The van der Waals surface area contributed by atoms with Gasteiger partial charge in [-0.25, -0.2) is 0 Å². The van der Waals surface area contributed by atoms with Gasteiger partial charge in [0, 0.05) is 28.3 Å². The molecule has 0 bridgehead atoms. The standard InChI is InChI=1S/C19H17NO4/c1-12(21)13-3-5-15(6-4-13)20-19(22)9-14-11-24-18-10-16(23-2)7-8-17(14)18/h3-8,10-11H,9H2,1-2H3,(H,20,22). The zero-order valence-corrected chi connectivity index (χ0v) is 13.5. The number of nitrogens with one attached hydrogen (secondary N) is 1. The quantitative estimate of drug-likeness (QED) is 0.725. The summed E-state index contributed by atoms with van der Waals surface area (Å²) < 4.78 is 10.6. The highest BCUT2D eigenvalue weighted by Gasteiger charge is 2.11. The molecule has 0 fully saturated rings. The number of hydrogen-bond acceptors (Lipinski definition) is 4. The summed E-state index contributed by atoms with van der Waals surface area (Å²) in [5.74, 6) is 0.552. The maximum Gasteiger partial charge on any atom is 0.228 e. The second-order valence-corrected chi connectivity index (χ2v) is 5.48. The fourth-order valence-electron chi connectivity index (χ4n) is 2.49. The van der Waals surface area contributed by atoms with Gasteiger partial charge in [-0.05, 0) is 43.3 Å². The van der Waals surface area contributed by atoms with Gasteiger partial charge >= 0.3 is 0 Å². The largest absolute Gasteiger partial charge is 0.497 e. The molecule has 1 amide bonds. The van der Waals surface area contributed by atoms with Crippen LogP contribution in [0.25, 0.3) is 11.0 Å². The highest BCUT2D eigenvalue weighted by atomic mass is 16.5. The molecule has 0 aliphatic rings. The number of methoxy groups -OCH3 is 1. The lowest BCUT2D eigenvalue weighted by atomic mass is 10.1. The van der Waals surface area contributed by atoms with Crippen molar-refractivity contribution in [1.29, 1.82) is 0 Å².